The Hall–Kier alpha value is -1.49. The summed E-state index contributed by atoms with van der Waals surface area (Å²) >= 11 is 6.19. The molecule has 1 atom stereocenters. The van der Waals surface area contributed by atoms with Gasteiger partial charge in [0.1, 0.15) is 5.82 Å². The van der Waals surface area contributed by atoms with E-state index in [0.717, 1.165) is 31.6 Å². The number of halogens is 2. The van der Waals surface area contributed by atoms with Crippen LogP contribution in [0.2, 0.25) is 5.02 Å². The van der Waals surface area contributed by atoms with Crippen LogP contribution in [0, 0.1) is 5.82 Å². The molecule has 3 nitrogen and oxygen atoms in total. The van der Waals surface area contributed by atoms with E-state index in [2.05, 4.69) is 15.2 Å². The molecule has 2 heterocycles. The van der Waals surface area contributed by atoms with Gasteiger partial charge in [-0.1, -0.05) is 23.7 Å². The van der Waals surface area contributed by atoms with Crippen molar-refractivity contribution in [1.82, 2.24) is 15.2 Å². The zero-order valence-electron chi connectivity index (χ0n) is 12.3. The molecular formula is C17H19ClFN3. The standard InChI is InChI=1S/C17H19ClFN3/c18-16-4-1-5-17(19)15(16)12-22(14-6-8-21-10-14)11-13-3-2-7-20-9-13/h1-5,7,9,14,21H,6,8,10-12H2/t14-/m0/s1. The lowest BCUT2D eigenvalue weighted by Gasteiger charge is -2.29. The highest BCUT2D eigenvalue weighted by Crippen LogP contribution is 2.24. The van der Waals surface area contributed by atoms with Gasteiger partial charge in [-0.25, -0.2) is 4.39 Å². The number of nitrogens with zero attached hydrogens (tertiary/aromatic N) is 2. The number of hydrogen-bond donors (Lipinski definition) is 1. The fraction of sp³-hybridized carbons (Fsp3) is 0.353. The maximum Gasteiger partial charge on any atom is 0.129 e. The van der Waals surface area contributed by atoms with E-state index in [1.807, 2.05) is 18.3 Å². The largest absolute Gasteiger partial charge is 0.315 e. The molecule has 116 valence electrons. The van der Waals surface area contributed by atoms with Gasteiger partial charge in [0.2, 0.25) is 0 Å². The number of nitrogens with one attached hydrogen (secondary N) is 1. The fourth-order valence-electron chi connectivity index (χ4n) is 2.88. The Labute approximate surface area is 135 Å². The maximum absolute atomic E-state index is 14.1. The quantitative estimate of drug-likeness (QED) is 0.917. The van der Waals surface area contributed by atoms with E-state index in [0.29, 0.717) is 23.2 Å². The number of hydrogen-bond acceptors (Lipinski definition) is 3. The molecule has 0 unspecified atom stereocenters. The third-order valence-corrected chi connectivity index (χ3v) is 4.44. The van der Waals surface area contributed by atoms with Crippen LogP contribution in [0.15, 0.2) is 42.7 Å². The second-order valence-electron chi connectivity index (χ2n) is 5.61. The van der Waals surface area contributed by atoms with Crippen LogP contribution in [0.5, 0.6) is 0 Å². The van der Waals surface area contributed by atoms with E-state index in [9.17, 15) is 4.39 Å². The predicted octanol–water partition coefficient (Wildman–Crippen LogP) is 3.24. The van der Waals surface area contributed by atoms with Gasteiger partial charge < -0.3 is 5.32 Å². The van der Waals surface area contributed by atoms with Gasteiger partial charge >= 0.3 is 0 Å². The lowest BCUT2D eigenvalue weighted by atomic mass is 10.1. The van der Waals surface area contributed by atoms with Crippen molar-refractivity contribution in [3.05, 3.63) is 64.7 Å². The minimum Gasteiger partial charge on any atom is -0.315 e. The molecule has 1 aliphatic heterocycles. The molecule has 0 saturated carbocycles. The molecule has 0 bridgehead atoms. The molecule has 0 spiro atoms. The van der Waals surface area contributed by atoms with Crippen molar-refractivity contribution in [2.75, 3.05) is 13.1 Å². The zero-order chi connectivity index (χ0) is 15.4. The van der Waals surface area contributed by atoms with Crippen LogP contribution < -0.4 is 5.32 Å². The van der Waals surface area contributed by atoms with Crippen LogP contribution in [0.3, 0.4) is 0 Å². The first-order valence-electron chi connectivity index (χ1n) is 7.50. The average Bonchev–Trinajstić information content (AvgIpc) is 3.05. The Kier molecular flexibility index (Phi) is 5.03. The Balaban J connectivity index is 1.82. The summed E-state index contributed by atoms with van der Waals surface area (Å²) in [6.45, 7) is 3.17. The summed E-state index contributed by atoms with van der Waals surface area (Å²) < 4.78 is 14.1. The van der Waals surface area contributed by atoms with Gasteiger partial charge in [0.25, 0.3) is 0 Å². The smallest absolute Gasteiger partial charge is 0.129 e. The van der Waals surface area contributed by atoms with Crippen molar-refractivity contribution in [2.45, 2.75) is 25.6 Å². The Morgan fingerprint density at radius 1 is 1.27 bits per heavy atom. The summed E-state index contributed by atoms with van der Waals surface area (Å²) in [5.41, 5.74) is 1.70. The molecule has 22 heavy (non-hydrogen) atoms. The van der Waals surface area contributed by atoms with Gasteiger partial charge in [0, 0.05) is 48.7 Å². The van der Waals surface area contributed by atoms with Gasteiger partial charge in [0.05, 0.1) is 0 Å². The first-order chi connectivity index (χ1) is 10.7. The van der Waals surface area contributed by atoms with Crippen molar-refractivity contribution >= 4 is 11.6 Å². The van der Waals surface area contributed by atoms with E-state index in [1.54, 1.807) is 18.3 Å². The molecule has 0 radical (unpaired) electrons. The molecule has 0 aliphatic carbocycles. The fourth-order valence-corrected chi connectivity index (χ4v) is 3.10. The molecule has 1 N–H and O–H groups in total. The molecule has 1 saturated heterocycles. The van der Waals surface area contributed by atoms with E-state index in [1.165, 1.54) is 6.07 Å². The van der Waals surface area contributed by atoms with Crippen LogP contribution in [-0.2, 0) is 13.1 Å². The number of benzene rings is 1. The summed E-state index contributed by atoms with van der Waals surface area (Å²) in [4.78, 5) is 6.44. The highest BCUT2D eigenvalue weighted by molar-refractivity contribution is 6.31. The highest BCUT2D eigenvalue weighted by Gasteiger charge is 2.24. The monoisotopic (exact) mass is 319 g/mol. The van der Waals surface area contributed by atoms with Gasteiger partial charge in [0.15, 0.2) is 0 Å². The molecule has 1 fully saturated rings. The van der Waals surface area contributed by atoms with Gasteiger partial charge in [-0.05, 0) is 36.7 Å². The summed E-state index contributed by atoms with van der Waals surface area (Å²) in [6, 6.07) is 9.22. The second kappa shape index (κ2) is 7.18. The summed E-state index contributed by atoms with van der Waals surface area (Å²) in [6.07, 6.45) is 4.68. The normalized spacial score (nSPS) is 18.0. The minimum atomic E-state index is -0.241. The van der Waals surface area contributed by atoms with E-state index >= 15 is 0 Å². The van der Waals surface area contributed by atoms with Crippen LogP contribution in [0.4, 0.5) is 4.39 Å². The topological polar surface area (TPSA) is 28.2 Å². The van der Waals surface area contributed by atoms with E-state index in [4.69, 9.17) is 11.6 Å². The van der Waals surface area contributed by atoms with Crippen LogP contribution in [-0.4, -0.2) is 29.0 Å². The van der Waals surface area contributed by atoms with Gasteiger partial charge in [-0.3, -0.25) is 9.88 Å². The number of rotatable bonds is 5. The summed E-state index contributed by atoms with van der Waals surface area (Å²) in [7, 11) is 0. The number of aromatic nitrogens is 1. The minimum absolute atomic E-state index is 0.241. The van der Waals surface area contributed by atoms with Crippen molar-refractivity contribution in [3.63, 3.8) is 0 Å². The first kappa shape index (κ1) is 15.4. The van der Waals surface area contributed by atoms with Gasteiger partial charge in [-0.2, -0.15) is 0 Å². The van der Waals surface area contributed by atoms with Crippen LogP contribution >= 0.6 is 11.6 Å². The molecule has 2 aromatic rings. The molecule has 5 heteroatoms. The summed E-state index contributed by atoms with van der Waals surface area (Å²) in [5.74, 6) is -0.241. The lowest BCUT2D eigenvalue weighted by Crippen LogP contribution is -2.36. The van der Waals surface area contributed by atoms with Crippen molar-refractivity contribution in [1.29, 1.82) is 0 Å². The molecule has 3 rings (SSSR count). The Bertz CT molecular complexity index is 594. The molecule has 1 aromatic carbocycles. The van der Waals surface area contributed by atoms with Crippen molar-refractivity contribution in [2.24, 2.45) is 0 Å². The first-order valence-corrected chi connectivity index (χ1v) is 7.88. The maximum atomic E-state index is 14.1. The summed E-state index contributed by atoms with van der Waals surface area (Å²) in [5, 5.41) is 3.86. The molecular weight excluding hydrogens is 301 g/mol. The molecule has 0 amide bonds. The third kappa shape index (κ3) is 3.64. The number of pyridine rings is 1. The molecule has 1 aliphatic rings. The zero-order valence-corrected chi connectivity index (χ0v) is 13.1. The van der Waals surface area contributed by atoms with E-state index in [-0.39, 0.29) is 5.82 Å². The Morgan fingerprint density at radius 2 is 2.18 bits per heavy atom. The van der Waals surface area contributed by atoms with Crippen LogP contribution in [0.25, 0.3) is 0 Å². The predicted molar refractivity (Wildman–Crippen MR) is 86.2 cm³/mol. The average molecular weight is 320 g/mol. The van der Waals surface area contributed by atoms with Crippen molar-refractivity contribution in [3.8, 4) is 0 Å². The molecule has 1 aromatic heterocycles. The van der Waals surface area contributed by atoms with E-state index < -0.39 is 0 Å². The second-order valence-corrected chi connectivity index (χ2v) is 6.02. The Morgan fingerprint density at radius 3 is 2.86 bits per heavy atom. The highest BCUT2D eigenvalue weighted by atomic mass is 35.5. The van der Waals surface area contributed by atoms with Crippen LogP contribution in [0.1, 0.15) is 17.5 Å². The van der Waals surface area contributed by atoms with Gasteiger partial charge in [-0.15, -0.1) is 0 Å². The lowest BCUT2D eigenvalue weighted by molar-refractivity contribution is 0.187. The third-order valence-electron chi connectivity index (χ3n) is 4.08. The van der Waals surface area contributed by atoms with Crippen molar-refractivity contribution < 1.29 is 4.39 Å². The SMILES string of the molecule is Fc1cccc(Cl)c1CN(Cc1cccnc1)[C@H]1CCNC1.